The van der Waals surface area contributed by atoms with E-state index in [1.54, 1.807) is 11.1 Å². The van der Waals surface area contributed by atoms with Crippen LogP contribution in [0.25, 0.3) is 0 Å². The first-order chi connectivity index (χ1) is 9.52. The van der Waals surface area contributed by atoms with E-state index in [0.717, 1.165) is 5.92 Å². The van der Waals surface area contributed by atoms with E-state index < -0.39 is 0 Å². The molecule has 2 aliphatic rings. The highest BCUT2D eigenvalue weighted by Crippen LogP contribution is 2.46. The highest BCUT2D eigenvalue weighted by atomic mass is 15.0. The minimum Gasteiger partial charge on any atom is -0.311 e. The summed E-state index contributed by atoms with van der Waals surface area (Å²) >= 11 is 0. The molecule has 2 unspecified atom stereocenters. The van der Waals surface area contributed by atoms with E-state index >= 15 is 0 Å². The van der Waals surface area contributed by atoms with Gasteiger partial charge in [-0.3, -0.25) is 0 Å². The van der Waals surface area contributed by atoms with Crippen molar-refractivity contribution in [2.45, 2.75) is 70.8 Å². The Morgan fingerprint density at radius 2 is 2.00 bits per heavy atom. The summed E-state index contributed by atoms with van der Waals surface area (Å²) < 4.78 is 0. The zero-order valence-electron chi connectivity index (χ0n) is 13.3. The maximum atomic E-state index is 3.89. The molecule has 20 heavy (non-hydrogen) atoms. The fourth-order valence-corrected chi connectivity index (χ4v) is 4.41. The Morgan fingerprint density at radius 1 is 1.20 bits per heavy atom. The van der Waals surface area contributed by atoms with E-state index in [9.17, 15) is 0 Å². The van der Waals surface area contributed by atoms with Crippen LogP contribution in [0.2, 0.25) is 0 Å². The minimum absolute atomic E-state index is 0.335. The van der Waals surface area contributed by atoms with Gasteiger partial charge in [0, 0.05) is 5.54 Å². The highest BCUT2D eigenvalue weighted by molar-refractivity contribution is 5.33. The van der Waals surface area contributed by atoms with Gasteiger partial charge in [0.05, 0.1) is 0 Å². The van der Waals surface area contributed by atoms with Gasteiger partial charge >= 0.3 is 0 Å². The van der Waals surface area contributed by atoms with Crippen LogP contribution in [-0.4, -0.2) is 12.1 Å². The zero-order chi connectivity index (χ0) is 14.2. The van der Waals surface area contributed by atoms with E-state index in [1.807, 2.05) is 0 Å². The van der Waals surface area contributed by atoms with Gasteiger partial charge in [-0.05, 0) is 67.5 Å². The van der Waals surface area contributed by atoms with Gasteiger partial charge in [-0.25, -0.2) is 0 Å². The minimum atomic E-state index is 0.335. The number of aryl methyl sites for hydroxylation is 1. The molecule has 0 bridgehead atoms. The van der Waals surface area contributed by atoms with Crippen LogP contribution in [0.1, 0.15) is 69.9 Å². The van der Waals surface area contributed by atoms with Crippen molar-refractivity contribution in [2.75, 3.05) is 6.54 Å². The van der Waals surface area contributed by atoms with E-state index in [-0.39, 0.29) is 0 Å². The quantitative estimate of drug-likeness (QED) is 0.824. The summed E-state index contributed by atoms with van der Waals surface area (Å²) in [5.41, 5.74) is 3.92. The second-order valence-corrected chi connectivity index (χ2v) is 7.85. The van der Waals surface area contributed by atoms with Crippen molar-refractivity contribution in [3.63, 3.8) is 0 Å². The molecule has 2 atom stereocenters. The number of hydrogen-bond acceptors (Lipinski definition) is 1. The standard InChI is InChI=1S/C19H29N/c1-18(2,3)19(12-7-13-20-19)14-16-10-6-9-15-8-4-5-11-17(15)16/h4-5,8,11,16,20H,6-7,9-10,12-14H2,1-3H3. The second kappa shape index (κ2) is 5.18. The fourth-order valence-electron chi connectivity index (χ4n) is 4.41. The van der Waals surface area contributed by atoms with Crippen LogP contribution in [0.3, 0.4) is 0 Å². The zero-order valence-corrected chi connectivity index (χ0v) is 13.3. The van der Waals surface area contributed by atoms with Crippen molar-refractivity contribution >= 4 is 0 Å². The molecule has 1 N–H and O–H groups in total. The maximum absolute atomic E-state index is 3.89. The molecular formula is C19H29N. The number of nitrogens with one attached hydrogen (secondary N) is 1. The van der Waals surface area contributed by atoms with Crippen molar-refractivity contribution in [3.05, 3.63) is 35.4 Å². The average Bonchev–Trinajstić information content (AvgIpc) is 2.89. The van der Waals surface area contributed by atoms with Crippen molar-refractivity contribution in [2.24, 2.45) is 5.41 Å². The fraction of sp³-hybridized carbons (Fsp3) is 0.684. The lowest BCUT2D eigenvalue weighted by Gasteiger charge is -2.45. The monoisotopic (exact) mass is 271 g/mol. The number of benzene rings is 1. The molecule has 1 fully saturated rings. The third kappa shape index (κ3) is 2.41. The molecule has 1 aromatic rings. The van der Waals surface area contributed by atoms with Crippen LogP contribution < -0.4 is 5.32 Å². The van der Waals surface area contributed by atoms with Crippen LogP contribution in [0.15, 0.2) is 24.3 Å². The molecule has 0 amide bonds. The Hall–Kier alpha value is -0.820. The normalized spacial score (nSPS) is 30.2. The molecule has 110 valence electrons. The van der Waals surface area contributed by atoms with Crippen molar-refractivity contribution < 1.29 is 0 Å². The Labute approximate surface area is 124 Å². The topological polar surface area (TPSA) is 12.0 Å². The third-order valence-corrected chi connectivity index (χ3v) is 5.77. The van der Waals surface area contributed by atoms with Gasteiger partial charge in [0.2, 0.25) is 0 Å². The van der Waals surface area contributed by atoms with Crippen molar-refractivity contribution in [1.29, 1.82) is 0 Å². The molecule has 1 saturated heterocycles. The molecule has 0 saturated carbocycles. The SMILES string of the molecule is CC(C)(C)C1(CC2CCCc3ccccc32)CCCN1. The van der Waals surface area contributed by atoms with E-state index in [4.69, 9.17) is 0 Å². The molecule has 0 spiro atoms. The lowest BCUT2D eigenvalue weighted by Crippen LogP contribution is -2.52. The van der Waals surface area contributed by atoms with E-state index in [2.05, 4.69) is 50.4 Å². The Kier molecular flexibility index (Phi) is 3.66. The largest absolute Gasteiger partial charge is 0.311 e. The summed E-state index contributed by atoms with van der Waals surface area (Å²) in [5.74, 6) is 0.754. The second-order valence-electron chi connectivity index (χ2n) is 7.85. The first-order valence-electron chi connectivity index (χ1n) is 8.35. The maximum Gasteiger partial charge on any atom is 0.0236 e. The molecular weight excluding hydrogens is 242 g/mol. The first kappa shape index (κ1) is 14.1. The number of fused-ring (bicyclic) bond motifs is 1. The first-order valence-corrected chi connectivity index (χ1v) is 8.35. The Morgan fingerprint density at radius 3 is 2.70 bits per heavy atom. The molecule has 0 radical (unpaired) electrons. The third-order valence-electron chi connectivity index (χ3n) is 5.77. The van der Waals surface area contributed by atoms with Gasteiger partial charge in [0.25, 0.3) is 0 Å². The molecule has 0 aromatic heterocycles. The smallest absolute Gasteiger partial charge is 0.0236 e. The molecule has 1 aliphatic heterocycles. The van der Waals surface area contributed by atoms with Crippen LogP contribution in [-0.2, 0) is 6.42 Å². The lowest BCUT2D eigenvalue weighted by atomic mass is 9.65. The highest BCUT2D eigenvalue weighted by Gasteiger charge is 2.45. The summed E-state index contributed by atoms with van der Waals surface area (Å²) in [7, 11) is 0. The summed E-state index contributed by atoms with van der Waals surface area (Å²) in [6, 6.07) is 9.15. The van der Waals surface area contributed by atoms with E-state index in [1.165, 1.54) is 45.1 Å². The molecule has 1 heterocycles. The van der Waals surface area contributed by atoms with Gasteiger partial charge in [-0.2, -0.15) is 0 Å². The summed E-state index contributed by atoms with van der Waals surface area (Å²) in [6.45, 7) is 8.45. The van der Waals surface area contributed by atoms with Crippen LogP contribution in [0, 0.1) is 5.41 Å². The predicted molar refractivity (Wildman–Crippen MR) is 86.2 cm³/mol. The van der Waals surface area contributed by atoms with Crippen LogP contribution in [0.5, 0.6) is 0 Å². The van der Waals surface area contributed by atoms with Gasteiger partial charge in [-0.15, -0.1) is 0 Å². The van der Waals surface area contributed by atoms with Gasteiger partial charge in [-0.1, -0.05) is 45.0 Å². The summed E-state index contributed by atoms with van der Waals surface area (Å²) in [6.07, 6.45) is 8.01. The lowest BCUT2D eigenvalue weighted by molar-refractivity contribution is 0.134. The molecule has 1 aliphatic carbocycles. The molecule has 1 heteroatoms. The van der Waals surface area contributed by atoms with Crippen molar-refractivity contribution in [1.82, 2.24) is 5.32 Å². The van der Waals surface area contributed by atoms with Crippen molar-refractivity contribution in [3.8, 4) is 0 Å². The molecule has 1 aromatic carbocycles. The van der Waals surface area contributed by atoms with E-state index in [0.29, 0.717) is 11.0 Å². The predicted octanol–water partition coefficient (Wildman–Crippen LogP) is 4.66. The summed E-state index contributed by atoms with van der Waals surface area (Å²) in [4.78, 5) is 0. The van der Waals surface area contributed by atoms with Crippen LogP contribution in [0.4, 0.5) is 0 Å². The number of hydrogen-bond donors (Lipinski definition) is 1. The van der Waals surface area contributed by atoms with Crippen LogP contribution >= 0.6 is 0 Å². The number of rotatable bonds is 2. The Balaban J connectivity index is 1.88. The average molecular weight is 271 g/mol. The van der Waals surface area contributed by atoms with Gasteiger partial charge < -0.3 is 5.32 Å². The molecule has 1 nitrogen and oxygen atoms in total. The van der Waals surface area contributed by atoms with Gasteiger partial charge in [0.1, 0.15) is 0 Å². The summed E-state index contributed by atoms with van der Waals surface area (Å²) in [5, 5.41) is 3.89. The van der Waals surface area contributed by atoms with Gasteiger partial charge in [0.15, 0.2) is 0 Å². The Bertz CT molecular complexity index is 463. The molecule has 3 rings (SSSR count).